The number of ether oxygens (including phenoxy) is 2. The summed E-state index contributed by atoms with van der Waals surface area (Å²) >= 11 is 6.09. The third kappa shape index (κ3) is 8.86. The quantitative estimate of drug-likeness (QED) is 0.313. The molecule has 0 aliphatic carbocycles. The largest absolute Gasteiger partial charge is 0.497 e. The predicted octanol–water partition coefficient (Wildman–Crippen LogP) is 4.29. The van der Waals surface area contributed by atoms with Crippen molar-refractivity contribution >= 4 is 39.1 Å². The fraction of sp³-hybridized carbons (Fsp3) is 0.333. The Balaban J connectivity index is 2.10. The van der Waals surface area contributed by atoms with Crippen molar-refractivity contribution in [1.29, 1.82) is 0 Å². The van der Waals surface area contributed by atoms with Crippen LogP contribution in [0.2, 0.25) is 5.02 Å². The van der Waals surface area contributed by atoms with Gasteiger partial charge in [0.2, 0.25) is 21.8 Å². The van der Waals surface area contributed by atoms with Crippen molar-refractivity contribution in [2.24, 2.45) is 0 Å². The number of nitrogens with zero attached hydrogens (tertiary/aromatic N) is 2. The summed E-state index contributed by atoms with van der Waals surface area (Å²) in [4.78, 5) is 29.2. The van der Waals surface area contributed by atoms with Gasteiger partial charge < -0.3 is 19.7 Å². The summed E-state index contributed by atoms with van der Waals surface area (Å²) in [5.74, 6) is -0.295. The van der Waals surface area contributed by atoms with Gasteiger partial charge in [0.25, 0.3) is 0 Å². The molecule has 2 amide bonds. The molecule has 0 aliphatic rings. The first-order valence-corrected chi connectivity index (χ1v) is 15.2. The Morgan fingerprint density at radius 1 is 0.927 bits per heavy atom. The number of nitrogens with one attached hydrogen (secondary N) is 1. The number of amides is 2. The van der Waals surface area contributed by atoms with Crippen LogP contribution in [-0.2, 0) is 32.6 Å². The summed E-state index contributed by atoms with van der Waals surface area (Å²) in [5.41, 5.74) is 1.71. The maximum absolute atomic E-state index is 14.2. The molecule has 11 heteroatoms. The van der Waals surface area contributed by atoms with E-state index in [9.17, 15) is 18.0 Å². The van der Waals surface area contributed by atoms with Gasteiger partial charge in [-0.15, -0.1) is 0 Å². The van der Waals surface area contributed by atoms with E-state index < -0.39 is 28.5 Å². The number of rotatable bonds is 13. The van der Waals surface area contributed by atoms with E-state index in [1.54, 1.807) is 36.4 Å². The van der Waals surface area contributed by atoms with Crippen molar-refractivity contribution in [3.05, 3.63) is 88.9 Å². The van der Waals surface area contributed by atoms with Gasteiger partial charge in [-0.25, -0.2) is 8.42 Å². The minimum absolute atomic E-state index is 0.0475. The summed E-state index contributed by atoms with van der Waals surface area (Å²) in [5, 5.41) is 3.45. The van der Waals surface area contributed by atoms with Crippen LogP contribution in [0.5, 0.6) is 11.5 Å². The molecule has 3 rings (SSSR count). The van der Waals surface area contributed by atoms with Crippen LogP contribution < -0.4 is 19.1 Å². The highest BCUT2D eigenvalue weighted by atomic mass is 35.5. The zero-order valence-electron chi connectivity index (χ0n) is 23.8. The van der Waals surface area contributed by atoms with E-state index in [1.807, 2.05) is 44.2 Å². The lowest BCUT2D eigenvalue weighted by atomic mass is 10.0. The number of benzene rings is 3. The van der Waals surface area contributed by atoms with Crippen molar-refractivity contribution in [3.63, 3.8) is 0 Å². The zero-order chi connectivity index (χ0) is 30.2. The highest BCUT2D eigenvalue weighted by Crippen LogP contribution is 2.34. The fourth-order valence-electron chi connectivity index (χ4n) is 4.31. The molecular formula is C30H36ClN3O6S. The Morgan fingerprint density at radius 3 is 2.15 bits per heavy atom. The minimum atomic E-state index is -3.97. The molecule has 0 radical (unpaired) electrons. The Labute approximate surface area is 247 Å². The maximum atomic E-state index is 14.2. The van der Waals surface area contributed by atoms with Gasteiger partial charge in [0, 0.05) is 30.1 Å². The molecule has 0 saturated heterocycles. The molecule has 0 aliphatic heterocycles. The van der Waals surface area contributed by atoms with Crippen molar-refractivity contribution in [1.82, 2.24) is 10.2 Å². The lowest BCUT2D eigenvalue weighted by Gasteiger charge is -2.34. The van der Waals surface area contributed by atoms with Gasteiger partial charge in [0.05, 0.1) is 26.2 Å². The number of anilines is 1. The van der Waals surface area contributed by atoms with E-state index in [0.717, 1.165) is 21.7 Å². The molecular weight excluding hydrogens is 566 g/mol. The number of carbonyl (C=O) groups is 2. The van der Waals surface area contributed by atoms with Crippen molar-refractivity contribution in [2.75, 3.05) is 31.3 Å². The van der Waals surface area contributed by atoms with Crippen LogP contribution in [-0.4, -0.2) is 64.2 Å². The van der Waals surface area contributed by atoms with Crippen molar-refractivity contribution < 1.29 is 27.5 Å². The Kier molecular flexibility index (Phi) is 11.0. The van der Waals surface area contributed by atoms with E-state index in [2.05, 4.69) is 5.32 Å². The Morgan fingerprint density at radius 2 is 1.59 bits per heavy atom. The molecule has 3 aromatic rings. The highest BCUT2D eigenvalue weighted by molar-refractivity contribution is 7.92. The SMILES string of the molecule is COc1ccc(OC)c(N(CC(=O)N(Cc2ccc(Cl)cc2)C(Cc2ccccc2)C(=O)NC(C)C)S(C)(=O)=O)c1. The van der Waals surface area contributed by atoms with Crippen LogP contribution in [0.4, 0.5) is 5.69 Å². The molecule has 9 nitrogen and oxygen atoms in total. The molecule has 1 atom stereocenters. The second-order valence-electron chi connectivity index (χ2n) is 9.82. The van der Waals surface area contributed by atoms with Gasteiger partial charge in [-0.05, 0) is 49.2 Å². The van der Waals surface area contributed by atoms with Crippen LogP contribution >= 0.6 is 11.6 Å². The van der Waals surface area contributed by atoms with E-state index in [0.29, 0.717) is 10.8 Å². The van der Waals surface area contributed by atoms with Crippen LogP contribution in [0.3, 0.4) is 0 Å². The smallest absolute Gasteiger partial charge is 0.244 e. The molecule has 3 aromatic carbocycles. The molecule has 1 unspecified atom stereocenters. The van der Waals surface area contributed by atoms with E-state index in [4.69, 9.17) is 21.1 Å². The van der Waals surface area contributed by atoms with E-state index in [-0.39, 0.29) is 36.4 Å². The van der Waals surface area contributed by atoms with Gasteiger partial charge in [-0.3, -0.25) is 13.9 Å². The predicted molar refractivity (Wildman–Crippen MR) is 161 cm³/mol. The van der Waals surface area contributed by atoms with Gasteiger partial charge in [-0.2, -0.15) is 0 Å². The van der Waals surface area contributed by atoms with E-state index >= 15 is 0 Å². The number of halogens is 1. The van der Waals surface area contributed by atoms with Gasteiger partial charge in [0.1, 0.15) is 24.1 Å². The van der Waals surface area contributed by atoms with Crippen molar-refractivity contribution in [3.8, 4) is 11.5 Å². The first-order valence-electron chi connectivity index (χ1n) is 13.0. The van der Waals surface area contributed by atoms with Crippen molar-refractivity contribution in [2.45, 2.75) is 38.9 Å². The molecule has 41 heavy (non-hydrogen) atoms. The van der Waals surface area contributed by atoms with Gasteiger partial charge >= 0.3 is 0 Å². The maximum Gasteiger partial charge on any atom is 0.244 e. The average Bonchev–Trinajstić information content (AvgIpc) is 2.93. The standard InChI is InChI=1S/C30H36ClN3O6S/c1-21(2)32-30(36)27(17-22-9-7-6-8-10-22)33(19-23-11-13-24(31)14-12-23)29(35)20-34(41(5,37)38)26-18-25(39-3)15-16-28(26)40-4/h6-16,18,21,27H,17,19-20H2,1-5H3,(H,32,36). The Hall–Kier alpha value is -3.76. The molecule has 0 spiro atoms. The number of sulfonamides is 1. The highest BCUT2D eigenvalue weighted by Gasteiger charge is 2.34. The van der Waals surface area contributed by atoms with Gasteiger partial charge in [0.15, 0.2) is 0 Å². The summed E-state index contributed by atoms with van der Waals surface area (Å²) in [6, 6.07) is 19.8. The molecule has 0 aromatic heterocycles. The molecule has 0 bridgehead atoms. The molecule has 0 saturated carbocycles. The lowest BCUT2D eigenvalue weighted by Crippen LogP contribution is -2.54. The first-order chi connectivity index (χ1) is 19.4. The topological polar surface area (TPSA) is 105 Å². The second-order valence-corrected chi connectivity index (χ2v) is 12.2. The zero-order valence-corrected chi connectivity index (χ0v) is 25.4. The first kappa shape index (κ1) is 31.8. The molecule has 1 N–H and O–H groups in total. The number of carbonyl (C=O) groups excluding carboxylic acids is 2. The van der Waals surface area contributed by atoms with Crippen LogP contribution in [0.15, 0.2) is 72.8 Å². The summed E-state index contributed by atoms with van der Waals surface area (Å²) in [7, 11) is -1.11. The monoisotopic (exact) mass is 601 g/mol. The number of hydrogen-bond acceptors (Lipinski definition) is 6. The normalized spacial score (nSPS) is 12.0. The third-order valence-corrected chi connectivity index (χ3v) is 7.68. The minimum Gasteiger partial charge on any atom is -0.497 e. The molecule has 0 fully saturated rings. The Bertz CT molecular complexity index is 1430. The number of methoxy groups -OCH3 is 2. The second kappa shape index (κ2) is 14.2. The summed E-state index contributed by atoms with van der Waals surface area (Å²) in [6.45, 7) is 3.15. The average molecular weight is 602 g/mol. The van der Waals surface area contributed by atoms with Gasteiger partial charge in [-0.1, -0.05) is 54.1 Å². The number of hydrogen-bond donors (Lipinski definition) is 1. The molecule has 0 heterocycles. The third-order valence-electron chi connectivity index (χ3n) is 6.30. The lowest BCUT2D eigenvalue weighted by molar-refractivity contribution is -0.140. The van der Waals surface area contributed by atoms with Crippen LogP contribution in [0.25, 0.3) is 0 Å². The van der Waals surface area contributed by atoms with Crippen LogP contribution in [0, 0.1) is 0 Å². The fourth-order valence-corrected chi connectivity index (χ4v) is 5.28. The van der Waals surface area contributed by atoms with E-state index in [1.165, 1.54) is 25.2 Å². The summed E-state index contributed by atoms with van der Waals surface area (Å²) in [6.07, 6.45) is 1.23. The van der Waals surface area contributed by atoms with Crippen LogP contribution in [0.1, 0.15) is 25.0 Å². The molecule has 220 valence electrons. The summed E-state index contributed by atoms with van der Waals surface area (Å²) < 4.78 is 37.8.